The fourth-order valence-corrected chi connectivity index (χ4v) is 2.13. The topological polar surface area (TPSA) is 20.3 Å². The molecule has 1 saturated carbocycles. The van der Waals surface area contributed by atoms with E-state index in [0.29, 0.717) is 12.6 Å². The largest absolute Gasteiger partial charge is 0.334 e. The van der Waals surface area contributed by atoms with Gasteiger partial charge >= 0.3 is 0 Å². The van der Waals surface area contributed by atoms with Gasteiger partial charge in [-0.3, -0.25) is 4.79 Å². The van der Waals surface area contributed by atoms with Gasteiger partial charge in [-0.1, -0.05) is 29.8 Å². The summed E-state index contributed by atoms with van der Waals surface area (Å²) >= 11 is 5.90. The van der Waals surface area contributed by atoms with Gasteiger partial charge in [0.1, 0.15) is 5.38 Å². The van der Waals surface area contributed by atoms with Gasteiger partial charge in [-0.25, -0.2) is 0 Å². The number of nitrogens with zero attached hydrogens (tertiary/aromatic N) is 1. The van der Waals surface area contributed by atoms with E-state index in [-0.39, 0.29) is 5.91 Å². The Morgan fingerprint density at radius 2 is 2.24 bits per heavy atom. The lowest BCUT2D eigenvalue weighted by Crippen LogP contribution is -2.36. The van der Waals surface area contributed by atoms with E-state index >= 15 is 0 Å². The summed E-state index contributed by atoms with van der Waals surface area (Å²) in [5.41, 5.74) is 2.41. The predicted octanol–water partition coefficient (Wildman–Crippen LogP) is 3.11. The van der Waals surface area contributed by atoms with Gasteiger partial charge in [0, 0.05) is 12.6 Å². The van der Waals surface area contributed by atoms with Crippen molar-refractivity contribution in [2.45, 2.75) is 44.7 Å². The third kappa shape index (κ3) is 3.22. The number of halogens is 1. The lowest BCUT2D eigenvalue weighted by atomic mass is 10.1. The molecule has 92 valence electrons. The van der Waals surface area contributed by atoms with E-state index in [4.69, 9.17) is 11.6 Å². The fraction of sp³-hybridized carbons (Fsp3) is 0.500. The molecule has 0 aliphatic heterocycles. The van der Waals surface area contributed by atoms with E-state index < -0.39 is 5.38 Å². The van der Waals surface area contributed by atoms with Crippen LogP contribution in [0.25, 0.3) is 0 Å². The van der Waals surface area contributed by atoms with Crippen molar-refractivity contribution in [2.24, 2.45) is 0 Å². The highest BCUT2D eigenvalue weighted by molar-refractivity contribution is 6.30. The second-order valence-corrected chi connectivity index (χ2v) is 5.46. The molecule has 0 spiro atoms. The number of alkyl halides is 1. The molecule has 0 bridgehead atoms. The first-order valence-electron chi connectivity index (χ1n) is 6.08. The van der Waals surface area contributed by atoms with Crippen LogP contribution in [0.3, 0.4) is 0 Å². The van der Waals surface area contributed by atoms with E-state index in [1.165, 1.54) is 11.1 Å². The lowest BCUT2D eigenvalue weighted by molar-refractivity contribution is -0.131. The van der Waals surface area contributed by atoms with Crippen molar-refractivity contribution in [3.8, 4) is 0 Å². The zero-order valence-corrected chi connectivity index (χ0v) is 11.1. The standard InChI is InChI=1S/C14H18ClNO/c1-10-4-3-5-12(8-10)9-16(13-6-7-13)14(17)11(2)15/h3-5,8,11,13H,6-7,9H2,1-2H3. The van der Waals surface area contributed by atoms with E-state index in [1.807, 2.05) is 11.0 Å². The van der Waals surface area contributed by atoms with Crippen molar-refractivity contribution in [3.63, 3.8) is 0 Å². The first-order chi connectivity index (χ1) is 8.08. The fourth-order valence-electron chi connectivity index (χ4n) is 2.01. The Morgan fingerprint density at radius 1 is 1.53 bits per heavy atom. The molecule has 1 fully saturated rings. The summed E-state index contributed by atoms with van der Waals surface area (Å²) < 4.78 is 0. The van der Waals surface area contributed by atoms with Gasteiger partial charge in [0.25, 0.3) is 0 Å². The number of aryl methyl sites for hydroxylation is 1. The Balaban J connectivity index is 2.10. The second kappa shape index (κ2) is 5.09. The molecule has 17 heavy (non-hydrogen) atoms. The molecule has 0 N–H and O–H groups in total. The molecule has 3 heteroatoms. The van der Waals surface area contributed by atoms with Crippen molar-refractivity contribution >= 4 is 17.5 Å². The smallest absolute Gasteiger partial charge is 0.240 e. The van der Waals surface area contributed by atoms with Crippen molar-refractivity contribution in [3.05, 3.63) is 35.4 Å². The van der Waals surface area contributed by atoms with E-state index in [1.54, 1.807) is 6.92 Å². The first kappa shape index (κ1) is 12.4. The minimum Gasteiger partial charge on any atom is -0.334 e. The maximum Gasteiger partial charge on any atom is 0.240 e. The average Bonchev–Trinajstić information content (AvgIpc) is 3.09. The Labute approximate surface area is 108 Å². The molecule has 1 aliphatic carbocycles. The Morgan fingerprint density at radius 3 is 2.76 bits per heavy atom. The Bertz CT molecular complexity index is 412. The number of amides is 1. The summed E-state index contributed by atoms with van der Waals surface area (Å²) in [5, 5.41) is -0.430. The van der Waals surface area contributed by atoms with E-state index in [0.717, 1.165) is 12.8 Å². The Kier molecular flexibility index (Phi) is 3.72. The van der Waals surface area contributed by atoms with Gasteiger partial charge in [-0.05, 0) is 32.3 Å². The van der Waals surface area contributed by atoms with Gasteiger partial charge < -0.3 is 4.90 Å². The van der Waals surface area contributed by atoms with Crippen LogP contribution in [-0.2, 0) is 11.3 Å². The van der Waals surface area contributed by atoms with Crippen LogP contribution in [-0.4, -0.2) is 22.2 Å². The third-order valence-electron chi connectivity index (χ3n) is 3.05. The van der Waals surface area contributed by atoms with Gasteiger partial charge in [-0.2, -0.15) is 0 Å². The highest BCUT2D eigenvalue weighted by Gasteiger charge is 2.33. The summed E-state index contributed by atoms with van der Waals surface area (Å²) in [4.78, 5) is 13.9. The molecule has 1 amide bonds. The first-order valence-corrected chi connectivity index (χ1v) is 6.51. The molecule has 1 aromatic carbocycles. The molecule has 0 heterocycles. The number of benzene rings is 1. The number of carbonyl (C=O) groups excluding carboxylic acids is 1. The minimum atomic E-state index is -0.430. The Hall–Kier alpha value is -1.02. The van der Waals surface area contributed by atoms with Crippen LogP contribution in [0.2, 0.25) is 0 Å². The van der Waals surface area contributed by atoms with Crippen LogP contribution in [0.1, 0.15) is 30.9 Å². The van der Waals surface area contributed by atoms with E-state index in [2.05, 4.69) is 25.1 Å². The number of hydrogen-bond donors (Lipinski definition) is 0. The lowest BCUT2D eigenvalue weighted by Gasteiger charge is -2.24. The van der Waals surface area contributed by atoms with Crippen LogP contribution in [0.5, 0.6) is 0 Å². The molecule has 1 atom stereocenters. The maximum absolute atomic E-state index is 12.0. The summed E-state index contributed by atoms with van der Waals surface area (Å²) in [5.74, 6) is 0.0515. The maximum atomic E-state index is 12.0. The van der Waals surface area contributed by atoms with Crippen molar-refractivity contribution in [1.82, 2.24) is 4.90 Å². The summed E-state index contributed by atoms with van der Waals surface area (Å²) in [6, 6.07) is 8.70. The monoisotopic (exact) mass is 251 g/mol. The van der Waals surface area contributed by atoms with Gasteiger partial charge in [-0.15, -0.1) is 11.6 Å². The zero-order valence-electron chi connectivity index (χ0n) is 10.3. The highest BCUT2D eigenvalue weighted by atomic mass is 35.5. The molecular formula is C14H18ClNO. The van der Waals surface area contributed by atoms with Crippen molar-refractivity contribution < 1.29 is 4.79 Å². The highest BCUT2D eigenvalue weighted by Crippen LogP contribution is 2.29. The minimum absolute atomic E-state index is 0.0515. The second-order valence-electron chi connectivity index (χ2n) is 4.80. The van der Waals surface area contributed by atoms with Crippen LogP contribution in [0.4, 0.5) is 0 Å². The van der Waals surface area contributed by atoms with Crippen LogP contribution in [0.15, 0.2) is 24.3 Å². The average molecular weight is 252 g/mol. The van der Waals surface area contributed by atoms with Crippen LogP contribution < -0.4 is 0 Å². The molecule has 2 nitrogen and oxygen atoms in total. The van der Waals surface area contributed by atoms with Crippen LogP contribution >= 0.6 is 11.6 Å². The summed E-state index contributed by atoms with van der Waals surface area (Å²) in [6.07, 6.45) is 2.22. The quantitative estimate of drug-likeness (QED) is 0.753. The number of hydrogen-bond acceptors (Lipinski definition) is 1. The summed E-state index contributed by atoms with van der Waals surface area (Å²) in [6.45, 7) is 4.49. The number of rotatable bonds is 4. The van der Waals surface area contributed by atoms with Gasteiger partial charge in [0.15, 0.2) is 0 Å². The molecule has 2 rings (SSSR count). The van der Waals surface area contributed by atoms with Crippen LogP contribution in [0, 0.1) is 6.92 Å². The van der Waals surface area contributed by atoms with Crippen molar-refractivity contribution in [1.29, 1.82) is 0 Å². The molecule has 1 aromatic rings. The zero-order chi connectivity index (χ0) is 12.4. The normalized spacial score (nSPS) is 16.6. The van der Waals surface area contributed by atoms with Gasteiger partial charge in [0.05, 0.1) is 0 Å². The summed E-state index contributed by atoms with van der Waals surface area (Å²) in [7, 11) is 0. The third-order valence-corrected chi connectivity index (χ3v) is 3.23. The van der Waals surface area contributed by atoms with E-state index in [9.17, 15) is 4.79 Å². The molecule has 1 aliphatic rings. The molecule has 0 radical (unpaired) electrons. The molecule has 0 aromatic heterocycles. The molecule has 1 unspecified atom stereocenters. The molecular weight excluding hydrogens is 234 g/mol. The number of carbonyl (C=O) groups is 1. The molecule has 0 saturated heterocycles. The predicted molar refractivity (Wildman–Crippen MR) is 70.1 cm³/mol. The van der Waals surface area contributed by atoms with Crippen molar-refractivity contribution in [2.75, 3.05) is 0 Å². The van der Waals surface area contributed by atoms with Gasteiger partial charge in [0.2, 0.25) is 5.91 Å². The SMILES string of the molecule is Cc1cccc(CN(C(=O)C(C)Cl)C2CC2)c1.